The number of benzene rings is 1. The van der Waals surface area contributed by atoms with Crippen molar-refractivity contribution in [3.05, 3.63) is 153 Å². The van der Waals surface area contributed by atoms with Gasteiger partial charge in [0.1, 0.15) is 12.1 Å². The molecule has 4 aromatic heterocycles. The van der Waals surface area contributed by atoms with Crippen LogP contribution in [0.15, 0.2) is 96.5 Å². The first-order valence-electron chi connectivity index (χ1n) is 22.0. The first-order chi connectivity index (χ1) is 28.8. The molecule has 0 N–H and O–H groups in total. The average Bonchev–Trinajstić information content (AvgIpc) is 3.30. The van der Waals surface area contributed by atoms with Crippen molar-refractivity contribution in [2.24, 2.45) is 0 Å². The third kappa shape index (κ3) is 39.1. The van der Waals surface area contributed by atoms with Gasteiger partial charge in [0.15, 0.2) is 0 Å². The molecular weight excluding hydrogens is 757 g/mol. The molecule has 60 heavy (non-hydrogen) atoms. The summed E-state index contributed by atoms with van der Waals surface area (Å²) in [6, 6.07) is 16.4. The smallest absolute Gasteiger partial charge is 0.115 e. The van der Waals surface area contributed by atoms with Crippen molar-refractivity contribution in [2.75, 3.05) is 12.4 Å². The van der Waals surface area contributed by atoms with Gasteiger partial charge in [-0.25, -0.2) is 9.97 Å². The highest BCUT2D eigenvalue weighted by molar-refractivity contribution is 8.03. The van der Waals surface area contributed by atoms with Crippen LogP contribution in [0.2, 0.25) is 0 Å². The van der Waals surface area contributed by atoms with Crippen molar-refractivity contribution < 1.29 is 4.74 Å². The predicted molar refractivity (Wildman–Crippen MR) is 271 cm³/mol. The van der Waals surface area contributed by atoms with Crippen LogP contribution in [-0.2, 0) is 4.74 Å². The monoisotopic (exact) mass is 847 g/mol. The van der Waals surface area contributed by atoms with Crippen molar-refractivity contribution in [1.29, 1.82) is 0 Å². The molecule has 5 aromatic rings. The van der Waals surface area contributed by atoms with Crippen LogP contribution in [0, 0.1) is 69.2 Å². The Hall–Kier alpha value is -4.43. The molecule has 1 aliphatic heterocycles. The van der Waals surface area contributed by atoms with E-state index >= 15 is 0 Å². The van der Waals surface area contributed by atoms with Crippen LogP contribution in [-0.4, -0.2) is 42.3 Å². The highest BCUT2D eigenvalue weighted by Crippen LogP contribution is 2.23. The Bertz CT molecular complexity index is 1300. The zero-order valence-corrected chi connectivity index (χ0v) is 43.8. The van der Waals surface area contributed by atoms with E-state index < -0.39 is 0 Å². The lowest BCUT2D eigenvalue weighted by Gasteiger charge is -2.14. The molecule has 0 unspecified atom stereocenters. The van der Waals surface area contributed by atoms with Gasteiger partial charge >= 0.3 is 0 Å². The quantitative estimate of drug-likeness (QED) is 0.152. The summed E-state index contributed by atoms with van der Waals surface area (Å²) >= 11 is 1.88. The Morgan fingerprint density at radius 2 is 0.750 bits per heavy atom. The van der Waals surface area contributed by atoms with Crippen LogP contribution in [0.5, 0.6) is 0 Å². The fourth-order valence-corrected chi connectivity index (χ4v) is 4.06. The standard InChI is InChI=1S/C8H10.2C7H9N.2C6H8N2.C6H10OS.6C2H6/c1-7-5-3-4-6-8(7)2;2*1-6-4-3-5-8-7(6)2;1-5-3-7-4-8-6(5)2;2*1-5-6(2)8-4-3-7-5;6*1-2/h3-6H,1-2H3;2*3-5H,1-2H3;2*3-4H,1-2H3;3-4H2,1-2H3;6*1-2H3. The average molecular weight is 847 g/mol. The lowest BCUT2D eigenvalue weighted by molar-refractivity contribution is 0.229. The highest BCUT2D eigenvalue weighted by atomic mass is 32.2. The molecule has 340 valence electrons. The Morgan fingerprint density at radius 1 is 0.400 bits per heavy atom. The van der Waals surface area contributed by atoms with E-state index in [1.54, 1.807) is 18.7 Å². The molecule has 6 rings (SSSR count). The summed E-state index contributed by atoms with van der Waals surface area (Å²) < 4.78 is 5.25. The van der Waals surface area contributed by atoms with E-state index in [-0.39, 0.29) is 0 Å². The summed E-state index contributed by atoms with van der Waals surface area (Å²) in [5.74, 6) is 2.21. The summed E-state index contributed by atoms with van der Waals surface area (Å²) in [6.45, 7) is 49.2. The maximum absolute atomic E-state index is 5.25. The summed E-state index contributed by atoms with van der Waals surface area (Å²) in [6.07, 6.45) is 10.4. The van der Waals surface area contributed by atoms with Gasteiger partial charge in [-0.3, -0.25) is 19.9 Å². The number of allylic oxidation sites excluding steroid dienone is 2. The lowest BCUT2D eigenvalue weighted by atomic mass is 10.1. The molecule has 0 saturated heterocycles. The molecule has 5 heterocycles. The number of hydrogen-bond donors (Lipinski definition) is 0. The van der Waals surface area contributed by atoms with Crippen molar-refractivity contribution in [2.45, 2.75) is 166 Å². The minimum atomic E-state index is 0.883. The van der Waals surface area contributed by atoms with Gasteiger partial charge in [0.2, 0.25) is 0 Å². The van der Waals surface area contributed by atoms with Gasteiger partial charge < -0.3 is 4.74 Å². The maximum Gasteiger partial charge on any atom is 0.115 e. The molecule has 0 aliphatic carbocycles. The number of hydrogen-bond acceptors (Lipinski definition) is 8. The largest absolute Gasteiger partial charge is 0.497 e. The van der Waals surface area contributed by atoms with Crippen molar-refractivity contribution in [3.63, 3.8) is 0 Å². The number of thioether (sulfide) groups is 1. The molecule has 0 fully saturated rings. The van der Waals surface area contributed by atoms with E-state index in [1.165, 1.54) is 27.2 Å². The third-order valence-electron chi connectivity index (χ3n) is 7.47. The van der Waals surface area contributed by atoms with Crippen molar-refractivity contribution >= 4 is 11.8 Å². The molecule has 8 heteroatoms. The Morgan fingerprint density at radius 3 is 0.967 bits per heavy atom. The van der Waals surface area contributed by atoms with E-state index in [0.29, 0.717) is 0 Å². The normalized spacial score (nSPS) is 9.53. The minimum absolute atomic E-state index is 0.883. The number of pyridine rings is 2. The van der Waals surface area contributed by atoms with Crippen LogP contribution < -0.4 is 0 Å². The van der Waals surface area contributed by atoms with Gasteiger partial charge in [0.25, 0.3) is 0 Å². The zero-order chi connectivity index (χ0) is 47.9. The first kappa shape index (κ1) is 67.3. The number of aromatic nitrogens is 6. The fourth-order valence-electron chi connectivity index (χ4n) is 3.32. The second-order valence-corrected chi connectivity index (χ2v) is 12.5. The van der Waals surface area contributed by atoms with Crippen molar-refractivity contribution in [3.8, 4) is 0 Å². The highest BCUT2D eigenvalue weighted by Gasteiger charge is 2.04. The number of nitrogens with zero attached hydrogens (tertiary/aromatic N) is 6. The summed E-state index contributed by atoms with van der Waals surface area (Å²) in [7, 11) is 0. The zero-order valence-electron chi connectivity index (χ0n) is 43.0. The first-order valence-corrected chi connectivity index (χ1v) is 23.0. The SMILES string of the molecule is CC.CC.CC.CC.CC.CC.CC1=C(C)SCCO1.Cc1ccccc1C.Cc1cccnc1C.Cc1cccnc1C.Cc1cncnc1C.Cc1nccnc1C. The molecule has 0 spiro atoms. The Kier molecular flexibility index (Phi) is 56.9. The summed E-state index contributed by atoms with van der Waals surface area (Å²) in [4.78, 5) is 25.3. The fraction of sp³-hybridized carbons (Fsp3) is 0.500. The van der Waals surface area contributed by atoms with E-state index in [1.807, 2.05) is 174 Å². The molecule has 1 aliphatic rings. The molecular formula is C52H90N6OS. The second kappa shape index (κ2) is 50.7. The van der Waals surface area contributed by atoms with Crippen LogP contribution in [0.4, 0.5) is 0 Å². The van der Waals surface area contributed by atoms with E-state index in [9.17, 15) is 0 Å². The second-order valence-electron chi connectivity index (χ2n) is 11.2. The van der Waals surface area contributed by atoms with Crippen LogP contribution in [0.25, 0.3) is 0 Å². The summed E-state index contributed by atoms with van der Waals surface area (Å²) in [5.41, 5.74) is 11.7. The van der Waals surface area contributed by atoms with Gasteiger partial charge in [-0.15, -0.1) is 11.8 Å². The molecule has 7 nitrogen and oxygen atoms in total. The molecule has 0 radical (unpaired) electrons. The van der Waals surface area contributed by atoms with Crippen molar-refractivity contribution in [1.82, 2.24) is 29.9 Å². The Labute approximate surface area is 376 Å². The molecule has 1 aromatic carbocycles. The van der Waals surface area contributed by atoms with Gasteiger partial charge in [0.05, 0.1) is 18.0 Å². The van der Waals surface area contributed by atoms with Crippen LogP contribution in [0.3, 0.4) is 0 Å². The van der Waals surface area contributed by atoms with Gasteiger partial charge in [0, 0.05) is 58.7 Å². The number of rotatable bonds is 0. The summed E-state index contributed by atoms with van der Waals surface area (Å²) in [5, 5.41) is 0. The third-order valence-corrected chi connectivity index (χ3v) is 8.56. The molecule has 0 atom stereocenters. The topological polar surface area (TPSA) is 86.6 Å². The molecule has 0 saturated carbocycles. The van der Waals surface area contributed by atoms with Gasteiger partial charge in [-0.1, -0.05) is 119 Å². The van der Waals surface area contributed by atoms with E-state index in [0.717, 1.165) is 52.2 Å². The molecule has 0 bridgehead atoms. The van der Waals surface area contributed by atoms with Crippen LogP contribution in [0.1, 0.15) is 153 Å². The Balaban J connectivity index is -0.000000139. The predicted octanol–water partition coefficient (Wildman–Crippen LogP) is 16.0. The minimum Gasteiger partial charge on any atom is -0.497 e. The number of ether oxygens (including phenoxy) is 1. The van der Waals surface area contributed by atoms with Gasteiger partial charge in [-0.05, 0) is 123 Å². The van der Waals surface area contributed by atoms with Crippen LogP contribution >= 0.6 is 11.8 Å². The van der Waals surface area contributed by atoms with E-state index in [2.05, 4.69) is 101 Å². The van der Waals surface area contributed by atoms with E-state index in [4.69, 9.17) is 4.74 Å². The lowest BCUT2D eigenvalue weighted by Crippen LogP contribution is -2.02. The number of aryl methyl sites for hydroxylation is 10. The maximum atomic E-state index is 5.25. The van der Waals surface area contributed by atoms with Gasteiger partial charge in [-0.2, -0.15) is 0 Å². The molecule has 0 amide bonds.